The summed E-state index contributed by atoms with van der Waals surface area (Å²) in [6, 6.07) is 8.38. The zero-order valence-electron chi connectivity index (χ0n) is 16.0. The molecule has 2 heterocycles. The second kappa shape index (κ2) is 8.23. The standard InChI is InChI=1S/C21H28N4O2/c1-3-11-27-15-20-21-19(25(23-22-21)14-16-7-8-16)9-10-24(20)13-17-5-4-6-18(12-17)26-2/h3-6,12,16,20H,1,7-11,13-15H2,2H3. The first-order chi connectivity index (χ1) is 13.3. The van der Waals surface area contributed by atoms with Crippen LogP contribution >= 0.6 is 0 Å². The molecule has 0 amide bonds. The molecule has 0 spiro atoms. The molecule has 1 unspecified atom stereocenters. The molecule has 144 valence electrons. The Kier molecular flexibility index (Phi) is 5.55. The average molecular weight is 368 g/mol. The molecule has 27 heavy (non-hydrogen) atoms. The highest BCUT2D eigenvalue weighted by molar-refractivity contribution is 5.29. The number of ether oxygens (including phenoxy) is 2. The van der Waals surface area contributed by atoms with Gasteiger partial charge in [0.15, 0.2) is 0 Å². The summed E-state index contributed by atoms with van der Waals surface area (Å²) in [6.45, 7) is 7.74. The topological polar surface area (TPSA) is 52.4 Å². The van der Waals surface area contributed by atoms with E-state index < -0.39 is 0 Å². The summed E-state index contributed by atoms with van der Waals surface area (Å²) in [5, 5.41) is 9.03. The molecule has 1 aromatic carbocycles. The molecule has 0 N–H and O–H groups in total. The molecule has 0 bridgehead atoms. The summed E-state index contributed by atoms with van der Waals surface area (Å²) in [6.07, 6.45) is 5.42. The van der Waals surface area contributed by atoms with Gasteiger partial charge in [-0.15, -0.1) is 11.7 Å². The summed E-state index contributed by atoms with van der Waals surface area (Å²) >= 11 is 0. The van der Waals surface area contributed by atoms with E-state index in [1.165, 1.54) is 24.1 Å². The third kappa shape index (κ3) is 4.22. The van der Waals surface area contributed by atoms with Crippen LogP contribution in [-0.4, -0.2) is 46.8 Å². The molecule has 0 radical (unpaired) electrons. The van der Waals surface area contributed by atoms with Gasteiger partial charge in [0.1, 0.15) is 11.4 Å². The Labute approximate surface area is 160 Å². The average Bonchev–Trinajstić information content (AvgIpc) is 3.42. The zero-order chi connectivity index (χ0) is 18.6. The van der Waals surface area contributed by atoms with Crippen molar-refractivity contribution in [3.05, 3.63) is 53.9 Å². The summed E-state index contributed by atoms with van der Waals surface area (Å²) in [5.41, 5.74) is 3.60. The molecule has 1 fully saturated rings. The maximum atomic E-state index is 5.83. The molecule has 6 nitrogen and oxygen atoms in total. The largest absolute Gasteiger partial charge is 0.497 e. The van der Waals surface area contributed by atoms with Crippen LogP contribution in [0.15, 0.2) is 36.9 Å². The summed E-state index contributed by atoms with van der Waals surface area (Å²) in [7, 11) is 1.70. The van der Waals surface area contributed by atoms with Crippen molar-refractivity contribution in [2.75, 3.05) is 26.9 Å². The molecular weight excluding hydrogens is 340 g/mol. The number of benzene rings is 1. The second-order valence-electron chi connectivity index (χ2n) is 7.46. The minimum absolute atomic E-state index is 0.118. The number of aromatic nitrogens is 3. The number of hydrogen-bond acceptors (Lipinski definition) is 5. The third-order valence-electron chi connectivity index (χ3n) is 5.42. The Hall–Kier alpha value is -2.18. The fourth-order valence-corrected chi connectivity index (χ4v) is 3.77. The van der Waals surface area contributed by atoms with E-state index in [2.05, 4.69) is 38.6 Å². The lowest BCUT2D eigenvalue weighted by Gasteiger charge is -2.34. The lowest BCUT2D eigenvalue weighted by Crippen LogP contribution is -2.38. The molecule has 1 aliphatic heterocycles. The first-order valence-electron chi connectivity index (χ1n) is 9.76. The van der Waals surface area contributed by atoms with Crippen molar-refractivity contribution in [2.45, 2.75) is 38.4 Å². The molecule has 2 aromatic rings. The van der Waals surface area contributed by atoms with E-state index in [1.54, 1.807) is 13.2 Å². The summed E-state index contributed by atoms with van der Waals surface area (Å²) < 4.78 is 13.3. The Bertz CT molecular complexity index is 784. The summed E-state index contributed by atoms with van der Waals surface area (Å²) in [4.78, 5) is 2.44. The van der Waals surface area contributed by atoms with Gasteiger partial charge in [-0.05, 0) is 36.5 Å². The van der Waals surface area contributed by atoms with Gasteiger partial charge in [-0.3, -0.25) is 4.90 Å². The van der Waals surface area contributed by atoms with Crippen LogP contribution in [0.1, 0.15) is 35.8 Å². The van der Waals surface area contributed by atoms with Crippen LogP contribution in [0.2, 0.25) is 0 Å². The number of methoxy groups -OCH3 is 1. The molecule has 2 aliphatic rings. The van der Waals surface area contributed by atoms with Crippen molar-refractivity contribution in [3.8, 4) is 5.75 Å². The maximum absolute atomic E-state index is 5.83. The number of rotatable bonds is 9. The molecule has 4 rings (SSSR count). The van der Waals surface area contributed by atoms with Crippen LogP contribution in [0.25, 0.3) is 0 Å². The van der Waals surface area contributed by atoms with Crippen molar-refractivity contribution in [2.24, 2.45) is 5.92 Å². The van der Waals surface area contributed by atoms with Gasteiger partial charge in [0.05, 0.1) is 32.1 Å². The van der Waals surface area contributed by atoms with Crippen LogP contribution in [0.4, 0.5) is 0 Å². The molecule has 0 saturated heterocycles. The van der Waals surface area contributed by atoms with E-state index in [9.17, 15) is 0 Å². The van der Waals surface area contributed by atoms with Gasteiger partial charge in [0.25, 0.3) is 0 Å². The summed E-state index contributed by atoms with van der Waals surface area (Å²) in [5.74, 6) is 1.68. The molecular formula is C21H28N4O2. The monoisotopic (exact) mass is 368 g/mol. The Balaban J connectivity index is 1.54. The lowest BCUT2D eigenvalue weighted by atomic mass is 10.0. The highest BCUT2D eigenvalue weighted by Crippen LogP contribution is 2.34. The van der Waals surface area contributed by atoms with Crippen LogP contribution in [0.5, 0.6) is 5.75 Å². The van der Waals surface area contributed by atoms with Crippen LogP contribution in [0.3, 0.4) is 0 Å². The molecule has 1 aliphatic carbocycles. The maximum Gasteiger partial charge on any atom is 0.119 e. The third-order valence-corrected chi connectivity index (χ3v) is 5.42. The highest BCUT2D eigenvalue weighted by Gasteiger charge is 2.33. The van der Waals surface area contributed by atoms with Crippen LogP contribution in [-0.2, 0) is 24.2 Å². The van der Waals surface area contributed by atoms with E-state index >= 15 is 0 Å². The van der Waals surface area contributed by atoms with Crippen LogP contribution in [0, 0.1) is 5.92 Å². The van der Waals surface area contributed by atoms with E-state index in [0.29, 0.717) is 13.2 Å². The number of nitrogens with zero attached hydrogens (tertiary/aromatic N) is 4. The van der Waals surface area contributed by atoms with Crippen molar-refractivity contribution in [1.29, 1.82) is 0 Å². The fourth-order valence-electron chi connectivity index (χ4n) is 3.77. The number of fused-ring (bicyclic) bond motifs is 1. The molecule has 1 saturated carbocycles. The Morgan fingerprint density at radius 3 is 3.00 bits per heavy atom. The first kappa shape index (κ1) is 18.2. The smallest absolute Gasteiger partial charge is 0.119 e. The van der Waals surface area contributed by atoms with Crippen molar-refractivity contribution in [1.82, 2.24) is 19.9 Å². The van der Waals surface area contributed by atoms with Gasteiger partial charge in [0.2, 0.25) is 0 Å². The zero-order valence-corrected chi connectivity index (χ0v) is 16.0. The molecule has 1 aromatic heterocycles. The SMILES string of the molecule is C=CCOCC1c2nnn(CC3CC3)c2CCN1Cc1cccc(OC)c1. The lowest BCUT2D eigenvalue weighted by molar-refractivity contribution is 0.0598. The Morgan fingerprint density at radius 1 is 1.33 bits per heavy atom. The molecule has 1 atom stereocenters. The van der Waals surface area contributed by atoms with E-state index in [4.69, 9.17) is 9.47 Å². The van der Waals surface area contributed by atoms with E-state index in [1.807, 2.05) is 12.1 Å². The predicted molar refractivity (Wildman–Crippen MR) is 104 cm³/mol. The quantitative estimate of drug-likeness (QED) is 0.503. The Morgan fingerprint density at radius 2 is 2.22 bits per heavy atom. The van der Waals surface area contributed by atoms with Gasteiger partial charge in [-0.2, -0.15) is 0 Å². The van der Waals surface area contributed by atoms with Crippen molar-refractivity contribution in [3.63, 3.8) is 0 Å². The van der Waals surface area contributed by atoms with Crippen molar-refractivity contribution >= 4 is 0 Å². The van der Waals surface area contributed by atoms with Gasteiger partial charge in [-0.1, -0.05) is 23.4 Å². The highest BCUT2D eigenvalue weighted by atomic mass is 16.5. The number of hydrogen-bond donors (Lipinski definition) is 0. The van der Waals surface area contributed by atoms with E-state index in [-0.39, 0.29) is 6.04 Å². The minimum Gasteiger partial charge on any atom is -0.497 e. The van der Waals surface area contributed by atoms with Gasteiger partial charge < -0.3 is 9.47 Å². The molecule has 6 heteroatoms. The predicted octanol–water partition coefficient (Wildman–Crippen LogP) is 3.00. The van der Waals surface area contributed by atoms with Crippen LogP contribution < -0.4 is 4.74 Å². The normalized spacial score (nSPS) is 19.7. The van der Waals surface area contributed by atoms with Crippen molar-refractivity contribution < 1.29 is 9.47 Å². The van der Waals surface area contributed by atoms with Gasteiger partial charge in [-0.25, -0.2) is 4.68 Å². The van der Waals surface area contributed by atoms with Gasteiger partial charge in [0, 0.05) is 26.1 Å². The fraction of sp³-hybridized carbons (Fsp3) is 0.524. The second-order valence-corrected chi connectivity index (χ2v) is 7.46. The van der Waals surface area contributed by atoms with E-state index in [0.717, 1.165) is 43.4 Å². The minimum atomic E-state index is 0.118. The van der Waals surface area contributed by atoms with Gasteiger partial charge >= 0.3 is 0 Å². The first-order valence-corrected chi connectivity index (χ1v) is 9.76.